The topological polar surface area (TPSA) is 12.0 Å². The van der Waals surface area contributed by atoms with E-state index in [1.165, 1.54) is 16.7 Å². The molecule has 1 N–H and O–H groups in total. The molecule has 0 saturated heterocycles. The molecule has 2 aromatic carbocycles. The SMILES string of the molecule is CNCC(Cc1cc(C)ccc1C)c1ccccc1F. The molecule has 0 radical (unpaired) electrons. The minimum Gasteiger partial charge on any atom is -0.319 e. The van der Waals surface area contributed by atoms with Crippen LogP contribution in [0.5, 0.6) is 0 Å². The number of nitrogens with one attached hydrogen (secondary N) is 1. The van der Waals surface area contributed by atoms with Gasteiger partial charge in [0.1, 0.15) is 5.82 Å². The summed E-state index contributed by atoms with van der Waals surface area (Å²) in [4.78, 5) is 0. The molecule has 0 bridgehead atoms. The van der Waals surface area contributed by atoms with Crippen LogP contribution in [0.25, 0.3) is 0 Å². The van der Waals surface area contributed by atoms with Crippen LogP contribution in [-0.4, -0.2) is 13.6 Å². The molecular weight excluding hydrogens is 249 g/mol. The Balaban J connectivity index is 2.30. The summed E-state index contributed by atoms with van der Waals surface area (Å²) in [5.41, 5.74) is 4.62. The summed E-state index contributed by atoms with van der Waals surface area (Å²) < 4.78 is 14.0. The molecule has 1 nitrogen and oxygen atoms in total. The van der Waals surface area contributed by atoms with Gasteiger partial charge in [-0.25, -0.2) is 4.39 Å². The third kappa shape index (κ3) is 3.45. The molecule has 0 heterocycles. The minimum absolute atomic E-state index is 0.113. The molecule has 20 heavy (non-hydrogen) atoms. The molecule has 2 heteroatoms. The lowest BCUT2D eigenvalue weighted by molar-refractivity contribution is 0.556. The molecule has 0 amide bonds. The second kappa shape index (κ2) is 6.67. The van der Waals surface area contributed by atoms with Crippen LogP contribution in [0.1, 0.15) is 28.2 Å². The van der Waals surface area contributed by atoms with Gasteiger partial charge in [0.25, 0.3) is 0 Å². The van der Waals surface area contributed by atoms with Crippen molar-refractivity contribution in [3.8, 4) is 0 Å². The van der Waals surface area contributed by atoms with Crippen molar-refractivity contribution in [3.63, 3.8) is 0 Å². The monoisotopic (exact) mass is 271 g/mol. The van der Waals surface area contributed by atoms with Crippen molar-refractivity contribution in [1.29, 1.82) is 0 Å². The van der Waals surface area contributed by atoms with E-state index in [4.69, 9.17) is 0 Å². The summed E-state index contributed by atoms with van der Waals surface area (Å²) in [6.45, 7) is 4.99. The highest BCUT2D eigenvalue weighted by Gasteiger charge is 2.16. The van der Waals surface area contributed by atoms with Gasteiger partial charge in [0.2, 0.25) is 0 Å². The summed E-state index contributed by atoms with van der Waals surface area (Å²) in [6, 6.07) is 13.6. The number of hydrogen-bond acceptors (Lipinski definition) is 1. The van der Waals surface area contributed by atoms with Crippen molar-refractivity contribution >= 4 is 0 Å². The molecule has 2 aromatic rings. The molecule has 1 unspecified atom stereocenters. The zero-order valence-corrected chi connectivity index (χ0v) is 12.4. The highest BCUT2D eigenvalue weighted by Crippen LogP contribution is 2.25. The third-order valence-corrected chi connectivity index (χ3v) is 3.77. The predicted molar refractivity (Wildman–Crippen MR) is 82.7 cm³/mol. The van der Waals surface area contributed by atoms with Crippen LogP contribution in [0.2, 0.25) is 0 Å². The second-order valence-electron chi connectivity index (χ2n) is 5.41. The molecule has 0 aliphatic carbocycles. The number of aryl methyl sites for hydroxylation is 2. The van der Waals surface area contributed by atoms with Gasteiger partial charge in [0.15, 0.2) is 0 Å². The largest absolute Gasteiger partial charge is 0.319 e. The average molecular weight is 271 g/mol. The quantitative estimate of drug-likeness (QED) is 0.867. The van der Waals surface area contributed by atoms with Gasteiger partial charge in [-0.2, -0.15) is 0 Å². The maximum Gasteiger partial charge on any atom is 0.126 e. The van der Waals surface area contributed by atoms with Gasteiger partial charge >= 0.3 is 0 Å². The van der Waals surface area contributed by atoms with Gasteiger partial charge in [0.05, 0.1) is 0 Å². The van der Waals surface area contributed by atoms with E-state index in [-0.39, 0.29) is 11.7 Å². The zero-order chi connectivity index (χ0) is 14.5. The molecule has 0 saturated carbocycles. The molecule has 0 spiro atoms. The van der Waals surface area contributed by atoms with Crippen molar-refractivity contribution < 1.29 is 4.39 Å². The fourth-order valence-corrected chi connectivity index (χ4v) is 2.63. The van der Waals surface area contributed by atoms with Crippen LogP contribution in [-0.2, 0) is 6.42 Å². The van der Waals surface area contributed by atoms with Crippen LogP contribution < -0.4 is 5.32 Å². The van der Waals surface area contributed by atoms with E-state index in [0.717, 1.165) is 18.5 Å². The maximum absolute atomic E-state index is 14.0. The lowest BCUT2D eigenvalue weighted by Crippen LogP contribution is -2.20. The van der Waals surface area contributed by atoms with E-state index >= 15 is 0 Å². The van der Waals surface area contributed by atoms with Crippen LogP contribution in [0.15, 0.2) is 42.5 Å². The van der Waals surface area contributed by atoms with Gasteiger partial charge in [-0.05, 0) is 50.1 Å². The average Bonchev–Trinajstić information content (AvgIpc) is 2.43. The number of likely N-dealkylation sites (N-methyl/N-ethyl adjacent to an activating group) is 1. The normalized spacial score (nSPS) is 12.4. The number of rotatable bonds is 5. The molecule has 106 valence electrons. The fraction of sp³-hybridized carbons (Fsp3) is 0.333. The van der Waals surface area contributed by atoms with Crippen molar-refractivity contribution in [3.05, 3.63) is 70.5 Å². The van der Waals surface area contributed by atoms with Gasteiger partial charge in [0, 0.05) is 12.5 Å². The Morgan fingerprint density at radius 1 is 1.10 bits per heavy atom. The van der Waals surface area contributed by atoms with Crippen LogP contribution >= 0.6 is 0 Å². The Morgan fingerprint density at radius 2 is 1.85 bits per heavy atom. The van der Waals surface area contributed by atoms with Crippen molar-refractivity contribution in [2.45, 2.75) is 26.2 Å². The minimum atomic E-state index is -0.113. The molecular formula is C18H22FN. The first-order valence-corrected chi connectivity index (χ1v) is 7.07. The lowest BCUT2D eigenvalue weighted by atomic mass is 9.89. The zero-order valence-electron chi connectivity index (χ0n) is 12.4. The molecule has 0 aliphatic heterocycles. The van der Waals surface area contributed by atoms with Gasteiger partial charge in [-0.15, -0.1) is 0 Å². The first-order valence-electron chi connectivity index (χ1n) is 7.07. The van der Waals surface area contributed by atoms with Crippen LogP contribution in [0, 0.1) is 19.7 Å². The smallest absolute Gasteiger partial charge is 0.126 e. The van der Waals surface area contributed by atoms with E-state index in [2.05, 4.69) is 37.4 Å². The summed E-state index contributed by atoms with van der Waals surface area (Å²) in [7, 11) is 1.91. The third-order valence-electron chi connectivity index (χ3n) is 3.77. The van der Waals surface area contributed by atoms with E-state index < -0.39 is 0 Å². The standard InChI is InChI=1S/C18H22FN/c1-13-8-9-14(2)15(10-13)11-16(12-20-3)17-6-4-5-7-18(17)19/h4-10,16,20H,11-12H2,1-3H3. The van der Waals surface area contributed by atoms with Crippen LogP contribution in [0.4, 0.5) is 4.39 Å². The van der Waals surface area contributed by atoms with Gasteiger partial charge in [-0.1, -0.05) is 42.0 Å². The number of halogens is 1. The highest BCUT2D eigenvalue weighted by atomic mass is 19.1. The molecule has 2 rings (SSSR count). The highest BCUT2D eigenvalue weighted by molar-refractivity contribution is 5.33. The number of hydrogen-bond donors (Lipinski definition) is 1. The summed E-state index contributed by atoms with van der Waals surface area (Å²) in [6.07, 6.45) is 0.856. The molecule has 0 aromatic heterocycles. The molecule has 1 atom stereocenters. The Bertz CT molecular complexity index is 577. The van der Waals surface area contributed by atoms with Crippen LogP contribution in [0.3, 0.4) is 0 Å². The Hall–Kier alpha value is -1.67. The maximum atomic E-state index is 14.0. The van der Waals surface area contributed by atoms with Crippen molar-refractivity contribution in [2.24, 2.45) is 0 Å². The Kier molecular flexibility index (Phi) is 4.91. The first kappa shape index (κ1) is 14.7. The predicted octanol–water partition coefficient (Wildman–Crippen LogP) is 3.99. The first-order chi connectivity index (χ1) is 9.61. The Morgan fingerprint density at radius 3 is 2.55 bits per heavy atom. The summed E-state index contributed by atoms with van der Waals surface area (Å²) >= 11 is 0. The summed E-state index contributed by atoms with van der Waals surface area (Å²) in [5, 5.41) is 3.18. The Labute approximate surface area is 120 Å². The van der Waals surface area contributed by atoms with E-state index in [0.29, 0.717) is 0 Å². The fourth-order valence-electron chi connectivity index (χ4n) is 2.63. The lowest BCUT2D eigenvalue weighted by Gasteiger charge is -2.19. The molecule has 0 fully saturated rings. The van der Waals surface area contributed by atoms with Gasteiger partial charge < -0.3 is 5.32 Å². The van der Waals surface area contributed by atoms with E-state index in [9.17, 15) is 4.39 Å². The van der Waals surface area contributed by atoms with Crippen molar-refractivity contribution in [2.75, 3.05) is 13.6 Å². The number of benzene rings is 2. The van der Waals surface area contributed by atoms with Crippen molar-refractivity contribution in [1.82, 2.24) is 5.32 Å². The second-order valence-corrected chi connectivity index (χ2v) is 5.41. The summed E-state index contributed by atoms with van der Waals surface area (Å²) in [5.74, 6) is 0.0414. The van der Waals surface area contributed by atoms with Gasteiger partial charge in [-0.3, -0.25) is 0 Å². The molecule has 0 aliphatic rings. The van der Waals surface area contributed by atoms with E-state index in [1.807, 2.05) is 19.2 Å². The van der Waals surface area contributed by atoms with E-state index in [1.54, 1.807) is 12.1 Å².